The number of ether oxygens (including phenoxy) is 1. The molecule has 0 radical (unpaired) electrons. The van der Waals surface area contributed by atoms with Crippen LogP contribution in [-0.2, 0) is 6.54 Å². The van der Waals surface area contributed by atoms with Gasteiger partial charge in [0.2, 0.25) is 0 Å². The molecule has 2 N–H and O–H groups in total. The molecule has 2 rings (SSSR count). The zero-order chi connectivity index (χ0) is 15.4. The molecule has 21 heavy (non-hydrogen) atoms. The standard InChI is InChI=1S/C13H20N6O2/c1-9(2)19-12(15-8-17-19)6-18-13(20)4-11(5-16-18)21-7-10(3)14/h4-5,8-10H,6-7,14H2,1-3H3. The first-order valence-corrected chi connectivity index (χ1v) is 6.81. The first kappa shape index (κ1) is 15.2. The van der Waals surface area contributed by atoms with Gasteiger partial charge in [-0.15, -0.1) is 0 Å². The smallest absolute Gasteiger partial charge is 0.270 e. The first-order valence-electron chi connectivity index (χ1n) is 6.81. The van der Waals surface area contributed by atoms with Crippen LogP contribution in [0.3, 0.4) is 0 Å². The molecule has 2 heterocycles. The second kappa shape index (κ2) is 6.49. The van der Waals surface area contributed by atoms with Gasteiger partial charge in [0.15, 0.2) is 0 Å². The Morgan fingerprint density at radius 2 is 2.10 bits per heavy atom. The summed E-state index contributed by atoms with van der Waals surface area (Å²) in [5.41, 5.74) is 5.34. The fraction of sp³-hybridized carbons (Fsp3) is 0.538. The van der Waals surface area contributed by atoms with Crippen molar-refractivity contribution in [1.29, 1.82) is 0 Å². The maximum absolute atomic E-state index is 12.0. The summed E-state index contributed by atoms with van der Waals surface area (Å²) >= 11 is 0. The highest BCUT2D eigenvalue weighted by molar-refractivity contribution is 5.14. The second-order valence-electron chi connectivity index (χ2n) is 5.19. The molecule has 0 amide bonds. The molecule has 0 fully saturated rings. The summed E-state index contributed by atoms with van der Waals surface area (Å²) in [5, 5.41) is 8.22. The van der Waals surface area contributed by atoms with Crippen molar-refractivity contribution in [1.82, 2.24) is 24.5 Å². The third kappa shape index (κ3) is 3.88. The third-order valence-corrected chi connectivity index (χ3v) is 2.78. The molecule has 0 saturated carbocycles. The van der Waals surface area contributed by atoms with Gasteiger partial charge in [-0.3, -0.25) is 4.79 Å². The van der Waals surface area contributed by atoms with Crippen LogP contribution in [0.25, 0.3) is 0 Å². The van der Waals surface area contributed by atoms with E-state index in [1.54, 1.807) is 4.68 Å². The Balaban J connectivity index is 2.14. The quantitative estimate of drug-likeness (QED) is 0.815. The van der Waals surface area contributed by atoms with Crippen LogP contribution in [0.15, 0.2) is 23.4 Å². The van der Waals surface area contributed by atoms with Crippen molar-refractivity contribution >= 4 is 0 Å². The minimum absolute atomic E-state index is 0.1000. The van der Waals surface area contributed by atoms with Gasteiger partial charge in [0, 0.05) is 18.2 Å². The van der Waals surface area contributed by atoms with E-state index < -0.39 is 0 Å². The van der Waals surface area contributed by atoms with E-state index in [1.165, 1.54) is 23.3 Å². The molecule has 0 spiro atoms. The third-order valence-electron chi connectivity index (χ3n) is 2.78. The molecule has 0 aromatic carbocycles. The Hall–Kier alpha value is -2.22. The van der Waals surface area contributed by atoms with Gasteiger partial charge in [-0.2, -0.15) is 10.2 Å². The fourth-order valence-electron chi connectivity index (χ4n) is 1.79. The van der Waals surface area contributed by atoms with E-state index in [9.17, 15) is 4.79 Å². The number of nitrogens with zero attached hydrogens (tertiary/aromatic N) is 5. The van der Waals surface area contributed by atoms with Gasteiger partial charge in [-0.1, -0.05) is 0 Å². The van der Waals surface area contributed by atoms with Crippen molar-refractivity contribution in [2.45, 2.75) is 39.4 Å². The second-order valence-corrected chi connectivity index (χ2v) is 5.19. The SMILES string of the molecule is CC(N)COc1cnn(Cc2ncnn2C(C)C)c(=O)c1. The average molecular weight is 292 g/mol. The zero-order valence-corrected chi connectivity index (χ0v) is 12.4. The summed E-state index contributed by atoms with van der Waals surface area (Å²) in [5.74, 6) is 1.10. The summed E-state index contributed by atoms with van der Waals surface area (Å²) in [6, 6.07) is 1.47. The highest BCUT2D eigenvalue weighted by atomic mass is 16.5. The fourth-order valence-corrected chi connectivity index (χ4v) is 1.79. The van der Waals surface area contributed by atoms with Crippen LogP contribution in [-0.4, -0.2) is 37.2 Å². The Labute approximate surface area is 122 Å². The minimum atomic E-state index is -0.254. The van der Waals surface area contributed by atoms with Crippen molar-refractivity contribution in [2.24, 2.45) is 5.73 Å². The van der Waals surface area contributed by atoms with Gasteiger partial charge >= 0.3 is 0 Å². The van der Waals surface area contributed by atoms with Crippen LogP contribution >= 0.6 is 0 Å². The lowest BCUT2D eigenvalue weighted by Crippen LogP contribution is -2.27. The maximum Gasteiger partial charge on any atom is 0.270 e. The summed E-state index contributed by atoms with van der Waals surface area (Å²) in [6.07, 6.45) is 2.97. The normalized spacial score (nSPS) is 12.6. The number of hydrogen-bond acceptors (Lipinski definition) is 6. The van der Waals surface area contributed by atoms with Gasteiger partial charge in [0.1, 0.15) is 31.1 Å². The van der Waals surface area contributed by atoms with Crippen LogP contribution in [0, 0.1) is 0 Å². The molecule has 1 unspecified atom stereocenters. The molecule has 2 aromatic rings. The number of aromatic nitrogens is 5. The molecule has 0 aliphatic carbocycles. The highest BCUT2D eigenvalue weighted by Gasteiger charge is 2.10. The predicted molar refractivity (Wildman–Crippen MR) is 77.2 cm³/mol. The lowest BCUT2D eigenvalue weighted by Gasteiger charge is -2.11. The van der Waals surface area contributed by atoms with E-state index >= 15 is 0 Å². The van der Waals surface area contributed by atoms with E-state index in [-0.39, 0.29) is 24.2 Å². The van der Waals surface area contributed by atoms with E-state index in [4.69, 9.17) is 10.5 Å². The molecule has 1 atom stereocenters. The minimum Gasteiger partial charge on any atom is -0.490 e. The lowest BCUT2D eigenvalue weighted by molar-refractivity contribution is 0.292. The van der Waals surface area contributed by atoms with Crippen LogP contribution in [0.5, 0.6) is 5.75 Å². The topological polar surface area (TPSA) is 101 Å². The van der Waals surface area contributed by atoms with Crippen molar-refractivity contribution < 1.29 is 4.74 Å². The molecule has 0 aliphatic heterocycles. The number of rotatable bonds is 6. The van der Waals surface area contributed by atoms with Crippen molar-refractivity contribution in [3.05, 3.63) is 34.8 Å². The molecule has 0 bridgehead atoms. The predicted octanol–water partition coefficient (Wildman–Crippen LogP) is 0.190. The van der Waals surface area contributed by atoms with E-state index in [1.807, 2.05) is 20.8 Å². The van der Waals surface area contributed by atoms with Gasteiger partial charge in [-0.25, -0.2) is 14.3 Å². The molecule has 114 valence electrons. The lowest BCUT2D eigenvalue weighted by atomic mass is 10.4. The molecule has 2 aromatic heterocycles. The Morgan fingerprint density at radius 1 is 1.33 bits per heavy atom. The van der Waals surface area contributed by atoms with E-state index in [2.05, 4.69) is 15.2 Å². The van der Waals surface area contributed by atoms with Crippen molar-refractivity contribution in [3.63, 3.8) is 0 Å². The van der Waals surface area contributed by atoms with Gasteiger partial charge in [0.25, 0.3) is 5.56 Å². The number of nitrogens with two attached hydrogens (primary N) is 1. The number of hydrogen-bond donors (Lipinski definition) is 1. The molecule has 0 aliphatic rings. The van der Waals surface area contributed by atoms with E-state index in [0.29, 0.717) is 18.2 Å². The van der Waals surface area contributed by atoms with Crippen molar-refractivity contribution in [3.8, 4) is 5.75 Å². The molecular weight excluding hydrogens is 272 g/mol. The van der Waals surface area contributed by atoms with Gasteiger partial charge in [-0.05, 0) is 20.8 Å². The van der Waals surface area contributed by atoms with Crippen molar-refractivity contribution in [2.75, 3.05) is 6.61 Å². The molecular formula is C13H20N6O2. The molecule has 8 nitrogen and oxygen atoms in total. The zero-order valence-electron chi connectivity index (χ0n) is 12.4. The molecule has 8 heteroatoms. The van der Waals surface area contributed by atoms with Gasteiger partial charge < -0.3 is 10.5 Å². The first-order chi connectivity index (χ1) is 9.97. The summed E-state index contributed by atoms with van der Waals surface area (Å²) in [4.78, 5) is 16.2. The maximum atomic E-state index is 12.0. The monoisotopic (exact) mass is 292 g/mol. The van der Waals surface area contributed by atoms with Gasteiger partial charge in [0.05, 0.1) is 6.20 Å². The van der Waals surface area contributed by atoms with Crippen LogP contribution in [0.2, 0.25) is 0 Å². The summed E-state index contributed by atoms with van der Waals surface area (Å²) in [6.45, 7) is 6.43. The highest BCUT2D eigenvalue weighted by Crippen LogP contribution is 2.07. The Bertz CT molecular complexity index is 646. The summed E-state index contributed by atoms with van der Waals surface area (Å²) in [7, 11) is 0. The molecule has 0 saturated heterocycles. The van der Waals surface area contributed by atoms with Crippen LogP contribution in [0.4, 0.5) is 0 Å². The Morgan fingerprint density at radius 3 is 2.71 bits per heavy atom. The average Bonchev–Trinajstić information content (AvgIpc) is 2.87. The van der Waals surface area contributed by atoms with Crippen LogP contribution < -0.4 is 16.0 Å². The summed E-state index contributed by atoms with van der Waals surface area (Å²) < 4.78 is 8.45. The largest absolute Gasteiger partial charge is 0.490 e. The Kier molecular flexibility index (Phi) is 4.69. The van der Waals surface area contributed by atoms with E-state index in [0.717, 1.165) is 0 Å². The van der Waals surface area contributed by atoms with Crippen LogP contribution in [0.1, 0.15) is 32.6 Å².